The molecule has 2 rings (SSSR count). The second kappa shape index (κ2) is 7.20. The molecule has 1 aromatic carbocycles. The van der Waals surface area contributed by atoms with Crippen LogP contribution in [0.4, 0.5) is 4.39 Å². The summed E-state index contributed by atoms with van der Waals surface area (Å²) >= 11 is 5.75. The Morgan fingerprint density at radius 1 is 1.26 bits per heavy atom. The summed E-state index contributed by atoms with van der Waals surface area (Å²) in [6, 6.07) is 5.12. The van der Waals surface area contributed by atoms with E-state index >= 15 is 0 Å². The van der Waals surface area contributed by atoms with Crippen molar-refractivity contribution in [2.24, 2.45) is 0 Å². The number of nitrogens with zero attached hydrogens (tertiary/aromatic N) is 2. The summed E-state index contributed by atoms with van der Waals surface area (Å²) in [6.45, 7) is 6.89. The van der Waals surface area contributed by atoms with E-state index in [0.29, 0.717) is 12.1 Å². The fraction of sp³-hybridized carbons (Fsp3) is 0.571. The van der Waals surface area contributed by atoms with E-state index in [2.05, 4.69) is 22.2 Å². The average Bonchev–Trinajstić information content (AvgIpc) is 2.41. The van der Waals surface area contributed by atoms with Gasteiger partial charge in [-0.2, -0.15) is 0 Å². The lowest BCUT2D eigenvalue weighted by atomic mass is 10.2. The number of piperazine rings is 1. The standard InChI is InChI=1S/C14H21ClFN3/c1-18-7-9-19(10-8-18)6-5-17-11-12-3-2-4-13(15)14(12)16/h2-4,17H,5-11H2,1H3. The number of likely N-dealkylation sites (N-methyl/N-ethyl adjacent to an activating group) is 1. The molecule has 1 aliphatic heterocycles. The molecule has 0 bridgehead atoms. The number of rotatable bonds is 5. The molecule has 3 nitrogen and oxygen atoms in total. The first-order chi connectivity index (χ1) is 9.16. The van der Waals surface area contributed by atoms with Gasteiger partial charge in [0.25, 0.3) is 0 Å². The fourth-order valence-electron chi connectivity index (χ4n) is 2.22. The normalized spacial score (nSPS) is 17.8. The molecule has 1 heterocycles. The Morgan fingerprint density at radius 2 is 2.00 bits per heavy atom. The minimum absolute atomic E-state index is 0.193. The third-order valence-corrected chi connectivity index (χ3v) is 3.84. The highest BCUT2D eigenvalue weighted by Gasteiger charge is 2.12. The van der Waals surface area contributed by atoms with Crippen LogP contribution in [0.15, 0.2) is 18.2 Å². The molecule has 5 heteroatoms. The first-order valence-electron chi connectivity index (χ1n) is 6.71. The van der Waals surface area contributed by atoms with Crippen molar-refractivity contribution in [3.8, 4) is 0 Å². The van der Waals surface area contributed by atoms with Crippen molar-refractivity contribution in [3.63, 3.8) is 0 Å². The van der Waals surface area contributed by atoms with Gasteiger partial charge in [0.15, 0.2) is 0 Å². The van der Waals surface area contributed by atoms with Crippen molar-refractivity contribution < 1.29 is 4.39 Å². The topological polar surface area (TPSA) is 18.5 Å². The highest BCUT2D eigenvalue weighted by atomic mass is 35.5. The smallest absolute Gasteiger partial charge is 0.146 e. The number of benzene rings is 1. The molecular formula is C14H21ClFN3. The Bertz CT molecular complexity index is 406. The van der Waals surface area contributed by atoms with Gasteiger partial charge in [-0.3, -0.25) is 4.90 Å². The zero-order valence-electron chi connectivity index (χ0n) is 11.3. The van der Waals surface area contributed by atoms with Gasteiger partial charge >= 0.3 is 0 Å². The Balaban J connectivity index is 1.68. The third kappa shape index (κ3) is 4.42. The molecule has 1 aromatic rings. The van der Waals surface area contributed by atoms with Gasteiger partial charge in [-0.1, -0.05) is 23.7 Å². The maximum atomic E-state index is 13.6. The molecule has 0 amide bonds. The summed E-state index contributed by atoms with van der Waals surface area (Å²) in [5.74, 6) is -0.309. The van der Waals surface area contributed by atoms with Crippen LogP contribution in [0.3, 0.4) is 0 Å². The molecular weight excluding hydrogens is 265 g/mol. The van der Waals surface area contributed by atoms with Crippen LogP contribution in [-0.2, 0) is 6.54 Å². The second-order valence-electron chi connectivity index (χ2n) is 5.03. The minimum atomic E-state index is -0.309. The summed E-state index contributed by atoms with van der Waals surface area (Å²) in [7, 11) is 2.15. The van der Waals surface area contributed by atoms with Crippen molar-refractivity contribution in [1.82, 2.24) is 15.1 Å². The van der Waals surface area contributed by atoms with Crippen LogP contribution >= 0.6 is 11.6 Å². The molecule has 0 atom stereocenters. The number of halogens is 2. The predicted octanol–water partition coefficient (Wildman–Crippen LogP) is 1.82. The molecule has 1 aliphatic rings. The summed E-state index contributed by atoms with van der Waals surface area (Å²) < 4.78 is 13.6. The molecule has 1 saturated heterocycles. The molecule has 0 aliphatic carbocycles. The zero-order valence-corrected chi connectivity index (χ0v) is 12.1. The minimum Gasteiger partial charge on any atom is -0.311 e. The van der Waals surface area contributed by atoms with E-state index < -0.39 is 0 Å². The lowest BCUT2D eigenvalue weighted by molar-refractivity contribution is 0.154. The zero-order chi connectivity index (χ0) is 13.7. The largest absolute Gasteiger partial charge is 0.311 e. The van der Waals surface area contributed by atoms with E-state index in [-0.39, 0.29) is 10.8 Å². The van der Waals surface area contributed by atoms with Crippen molar-refractivity contribution in [1.29, 1.82) is 0 Å². The first kappa shape index (κ1) is 14.7. The summed E-state index contributed by atoms with van der Waals surface area (Å²) in [4.78, 5) is 4.77. The first-order valence-corrected chi connectivity index (χ1v) is 7.09. The quantitative estimate of drug-likeness (QED) is 0.833. The summed E-state index contributed by atoms with van der Waals surface area (Å²) in [6.07, 6.45) is 0. The summed E-state index contributed by atoms with van der Waals surface area (Å²) in [5.41, 5.74) is 0.630. The van der Waals surface area contributed by atoms with Crippen LogP contribution in [0.2, 0.25) is 5.02 Å². The molecule has 1 fully saturated rings. The van der Waals surface area contributed by atoms with E-state index in [1.165, 1.54) is 0 Å². The van der Waals surface area contributed by atoms with Gasteiger partial charge in [-0.15, -0.1) is 0 Å². The fourth-order valence-corrected chi connectivity index (χ4v) is 2.41. The van der Waals surface area contributed by atoms with Crippen LogP contribution in [0.25, 0.3) is 0 Å². The van der Waals surface area contributed by atoms with Crippen molar-refractivity contribution in [2.45, 2.75) is 6.54 Å². The molecule has 0 spiro atoms. The highest BCUT2D eigenvalue weighted by Crippen LogP contribution is 2.17. The number of nitrogens with one attached hydrogen (secondary N) is 1. The third-order valence-electron chi connectivity index (χ3n) is 3.55. The Morgan fingerprint density at radius 3 is 2.74 bits per heavy atom. The van der Waals surface area contributed by atoms with E-state index in [9.17, 15) is 4.39 Å². The van der Waals surface area contributed by atoms with Crippen LogP contribution < -0.4 is 5.32 Å². The lowest BCUT2D eigenvalue weighted by Gasteiger charge is -2.32. The van der Waals surface area contributed by atoms with Crippen molar-refractivity contribution in [3.05, 3.63) is 34.6 Å². The van der Waals surface area contributed by atoms with Crippen LogP contribution in [-0.4, -0.2) is 56.1 Å². The Kier molecular flexibility index (Phi) is 5.58. The molecule has 0 aromatic heterocycles. The van der Waals surface area contributed by atoms with E-state index in [0.717, 1.165) is 39.3 Å². The lowest BCUT2D eigenvalue weighted by Crippen LogP contribution is -2.46. The molecule has 0 saturated carbocycles. The van der Waals surface area contributed by atoms with Crippen LogP contribution in [0.1, 0.15) is 5.56 Å². The number of hydrogen-bond acceptors (Lipinski definition) is 3. The van der Waals surface area contributed by atoms with E-state index in [4.69, 9.17) is 11.6 Å². The van der Waals surface area contributed by atoms with Gasteiger partial charge in [0.05, 0.1) is 5.02 Å². The Labute approximate surface area is 119 Å². The maximum absolute atomic E-state index is 13.6. The summed E-state index contributed by atoms with van der Waals surface area (Å²) in [5, 5.41) is 3.47. The molecule has 19 heavy (non-hydrogen) atoms. The average molecular weight is 286 g/mol. The van der Waals surface area contributed by atoms with Gasteiger partial charge in [-0.25, -0.2) is 4.39 Å². The van der Waals surface area contributed by atoms with Crippen molar-refractivity contribution in [2.75, 3.05) is 46.3 Å². The van der Waals surface area contributed by atoms with Gasteiger partial charge < -0.3 is 10.2 Å². The predicted molar refractivity (Wildman–Crippen MR) is 77.1 cm³/mol. The van der Waals surface area contributed by atoms with Crippen molar-refractivity contribution >= 4 is 11.6 Å². The monoisotopic (exact) mass is 285 g/mol. The molecule has 1 N–H and O–H groups in total. The van der Waals surface area contributed by atoms with Gasteiger partial charge in [-0.05, 0) is 13.1 Å². The van der Waals surface area contributed by atoms with Crippen LogP contribution in [0, 0.1) is 5.82 Å². The van der Waals surface area contributed by atoms with Gasteiger partial charge in [0.1, 0.15) is 5.82 Å². The molecule has 0 unspecified atom stereocenters. The maximum Gasteiger partial charge on any atom is 0.146 e. The number of hydrogen-bond donors (Lipinski definition) is 1. The molecule has 106 valence electrons. The second-order valence-corrected chi connectivity index (χ2v) is 5.44. The van der Waals surface area contributed by atoms with Gasteiger partial charge in [0, 0.05) is 51.4 Å². The van der Waals surface area contributed by atoms with E-state index in [1.807, 2.05) is 0 Å². The van der Waals surface area contributed by atoms with E-state index in [1.54, 1.807) is 18.2 Å². The van der Waals surface area contributed by atoms with Gasteiger partial charge in [0.2, 0.25) is 0 Å². The molecule has 0 radical (unpaired) electrons. The van der Waals surface area contributed by atoms with Crippen LogP contribution in [0.5, 0.6) is 0 Å². The SMILES string of the molecule is CN1CCN(CCNCc2cccc(Cl)c2F)CC1. The highest BCUT2D eigenvalue weighted by molar-refractivity contribution is 6.30. The Hall–Kier alpha value is -0.680.